The van der Waals surface area contributed by atoms with Crippen LogP contribution in [0.15, 0.2) is 0 Å². The molecule has 0 aliphatic heterocycles. The summed E-state index contributed by atoms with van der Waals surface area (Å²) in [5, 5.41) is 15.7. The Bertz CT molecular complexity index is 91.3. The van der Waals surface area contributed by atoms with E-state index in [9.17, 15) is 9.59 Å². The number of hydrogen-bond donors (Lipinski definition) is 2. The van der Waals surface area contributed by atoms with Crippen LogP contribution >= 0.6 is 0 Å². The van der Waals surface area contributed by atoms with Gasteiger partial charge in [0.15, 0.2) is 6.29 Å². The number of hydrogen-bond acceptors (Lipinski definition) is 3. The molecule has 0 aromatic heterocycles. The minimum atomic E-state index is -1.86. The van der Waals surface area contributed by atoms with Crippen LogP contribution in [0.3, 0.4) is 0 Å². The number of carbonyl (C=O) groups excluding carboxylic acids is 1. The predicted molar refractivity (Wildman–Crippen MR) is 25.5 cm³/mol. The Labute approximate surface area is 82.8 Å². The Morgan fingerprint density at radius 2 is 2.00 bits per heavy atom. The van der Waals surface area contributed by atoms with Gasteiger partial charge in [-0.3, -0.25) is 4.79 Å². The predicted octanol–water partition coefficient (Wildman–Crippen LogP) is -1.75. The van der Waals surface area contributed by atoms with Gasteiger partial charge in [-0.25, -0.2) is 4.79 Å². The summed E-state index contributed by atoms with van der Waals surface area (Å²) in [7, 11) is 0. The average molecular weight is 192 g/mol. The van der Waals surface area contributed by atoms with Gasteiger partial charge in [0.2, 0.25) is 6.10 Å². The first-order chi connectivity index (χ1) is 3.18. The van der Waals surface area contributed by atoms with Gasteiger partial charge >= 0.3 is 51.5 Å². The van der Waals surface area contributed by atoms with E-state index in [1.165, 1.54) is 0 Å². The molecule has 0 fully saturated rings. The molecule has 0 aromatic carbocycles. The fourth-order valence-corrected chi connectivity index (χ4v) is 0.0582. The summed E-state index contributed by atoms with van der Waals surface area (Å²) in [6.45, 7) is 0. The fraction of sp³-hybridized carbons (Fsp3) is 0.333. The number of rotatable bonds is 2. The van der Waals surface area contributed by atoms with Crippen LogP contribution in [0.25, 0.3) is 0 Å². The normalized spacial score (nSPS) is 11.1. The number of aliphatic hydroxyl groups is 1. The summed E-state index contributed by atoms with van der Waals surface area (Å²) in [4.78, 5) is 18.8. The van der Waals surface area contributed by atoms with Gasteiger partial charge < -0.3 is 10.2 Å². The van der Waals surface area contributed by atoms with Gasteiger partial charge in [-0.1, -0.05) is 0 Å². The van der Waals surface area contributed by atoms with Crippen molar-refractivity contribution in [3.8, 4) is 0 Å². The van der Waals surface area contributed by atoms with Gasteiger partial charge in [0, 0.05) is 0 Å². The topological polar surface area (TPSA) is 74.6 Å². The van der Waals surface area contributed by atoms with Crippen LogP contribution in [0.1, 0.15) is 0 Å². The SMILES string of the molecule is O=CC(O)C(=O)O.[Sr+2]. The maximum atomic E-state index is 9.45. The van der Waals surface area contributed by atoms with Crippen molar-refractivity contribution in [2.75, 3.05) is 0 Å². The molecule has 0 aromatic rings. The number of aldehydes is 1. The van der Waals surface area contributed by atoms with E-state index in [2.05, 4.69) is 0 Å². The van der Waals surface area contributed by atoms with Crippen LogP contribution in [-0.4, -0.2) is 74.1 Å². The molecular formula is C3H4O4Sr+2. The first-order valence-corrected chi connectivity index (χ1v) is 1.54. The zero-order chi connectivity index (χ0) is 5.86. The molecule has 4 nitrogen and oxygen atoms in total. The molecule has 0 amide bonds. The molecule has 0 spiro atoms. The number of aliphatic carboxylic acids is 1. The minimum absolute atomic E-state index is 0. The van der Waals surface area contributed by atoms with Crippen LogP contribution in [0, 0.1) is 0 Å². The molecule has 40 valence electrons. The molecule has 0 heterocycles. The van der Waals surface area contributed by atoms with E-state index in [4.69, 9.17) is 10.2 Å². The zero-order valence-corrected chi connectivity index (χ0v) is 7.55. The molecule has 0 bridgehead atoms. The molecule has 1 atom stereocenters. The van der Waals surface area contributed by atoms with E-state index < -0.39 is 12.1 Å². The molecule has 0 radical (unpaired) electrons. The zero-order valence-electron chi connectivity index (χ0n) is 4.07. The van der Waals surface area contributed by atoms with E-state index in [1.54, 1.807) is 0 Å². The first kappa shape index (κ1) is 11.4. The van der Waals surface area contributed by atoms with Crippen molar-refractivity contribution in [3.05, 3.63) is 0 Å². The van der Waals surface area contributed by atoms with Gasteiger partial charge in [-0.2, -0.15) is 0 Å². The van der Waals surface area contributed by atoms with Crippen LogP contribution in [-0.2, 0) is 9.59 Å². The van der Waals surface area contributed by atoms with Crippen molar-refractivity contribution in [2.24, 2.45) is 0 Å². The summed E-state index contributed by atoms with van der Waals surface area (Å²) in [5.41, 5.74) is 0. The van der Waals surface area contributed by atoms with E-state index in [0.29, 0.717) is 0 Å². The molecule has 0 aliphatic carbocycles. The Balaban J connectivity index is 0. The van der Waals surface area contributed by atoms with E-state index >= 15 is 0 Å². The smallest absolute Gasteiger partial charge is 0.479 e. The second-order valence-electron chi connectivity index (χ2n) is 0.919. The second kappa shape index (κ2) is 5.71. The summed E-state index contributed by atoms with van der Waals surface area (Å²) in [6.07, 6.45) is -1.91. The average Bonchev–Trinajstić information content (AvgIpc) is 1.65. The van der Waals surface area contributed by atoms with Crippen molar-refractivity contribution >= 4 is 57.7 Å². The fourth-order valence-electron chi connectivity index (χ4n) is 0.0582. The quantitative estimate of drug-likeness (QED) is 0.309. The summed E-state index contributed by atoms with van der Waals surface area (Å²) >= 11 is 0. The molecular weight excluding hydrogens is 188 g/mol. The van der Waals surface area contributed by atoms with Gasteiger partial charge in [-0.05, 0) is 0 Å². The van der Waals surface area contributed by atoms with Crippen LogP contribution in [0.5, 0.6) is 0 Å². The summed E-state index contributed by atoms with van der Waals surface area (Å²) in [5.74, 6) is -1.52. The molecule has 0 aliphatic rings. The Kier molecular flexibility index (Phi) is 8.13. The molecule has 0 saturated carbocycles. The molecule has 8 heavy (non-hydrogen) atoms. The van der Waals surface area contributed by atoms with Gasteiger partial charge in [0.05, 0.1) is 0 Å². The monoisotopic (exact) mass is 192 g/mol. The first-order valence-electron chi connectivity index (χ1n) is 1.54. The van der Waals surface area contributed by atoms with Crippen molar-refractivity contribution in [1.82, 2.24) is 0 Å². The molecule has 1 unspecified atom stereocenters. The van der Waals surface area contributed by atoms with Gasteiger partial charge in [0.25, 0.3) is 0 Å². The molecule has 0 rings (SSSR count). The second-order valence-corrected chi connectivity index (χ2v) is 0.919. The minimum Gasteiger partial charge on any atom is -0.479 e. The van der Waals surface area contributed by atoms with E-state index in [1.807, 2.05) is 0 Å². The maximum Gasteiger partial charge on any atom is 2.00 e. The van der Waals surface area contributed by atoms with Crippen LogP contribution in [0.4, 0.5) is 0 Å². The van der Waals surface area contributed by atoms with Crippen LogP contribution in [0.2, 0.25) is 0 Å². The van der Waals surface area contributed by atoms with Crippen LogP contribution < -0.4 is 0 Å². The molecule has 5 heteroatoms. The van der Waals surface area contributed by atoms with E-state index in [0.717, 1.165) is 0 Å². The Hall–Kier alpha value is 0.581. The van der Waals surface area contributed by atoms with E-state index in [-0.39, 0.29) is 51.8 Å². The number of aliphatic hydroxyl groups excluding tert-OH is 1. The Morgan fingerprint density at radius 1 is 1.62 bits per heavy atom. The maximum absolute atomic E-state index is 9.45. The summed E-state index contributed by atoms with van der Waals surface area (Å²) in [6, 6.07) is 0. The van der Waals surface area contributed by atoms with Gasteiger partial charge in [0.1, 0.15) is 0 Å². The molecule has 2 N–H and O–H groups in total. The standard InChI is InChI=1S/C3H4O4.Sr/c4-1-2(5)3(6)7;/h1-2,5H,(H,6,7);/q;+2. The third-order valence-electron chi connectivity index (χ3n) is 0.382. The van der Waals surface area contributed by atoms with Crippen molar-refractivity contribution in [2.45, 2.75) is 6.10 Å². The van der Waals surface area contributed by atoms with Crippen molar-refractivity contribution in [1.29, 1.82) is 0 Å². The van der Waals surface area contributed by atoms with Crippen molar-refractivity contribution in [3.63, 3.8) is 0 Å². The third-order valence-corrected chi connectivity index (χ3v) is 0.382. The van der Waals surface area contributed by atoms with Gasteiger partial charge in [-0.15, -0.1) is 0 Å². The molecule has 0 saturated heterocycles. The Morgan fingerprint density at radius 3 is 2.00 bits per heavy atom. The third kappa shape index (κ3) is 4.73. The number of carboxylic acid groups (broad SMARTS) is 1. The number of carboxylic acids is 1. The summed E-state index contributed by atoms with van der Waals surface area (Å²) < 4.78 is 0. The van der Waals surface area contributed by atoms with Crippen molar-refractivity contribution < 1.29 is 19.8 Å². The largest absolute Gasteiger partial charge is 2.00 e. The number of carbonyl (C=O) groups is 2.